The maximum atomic E-state index is 4.89. The molecule has 2 fully saturated rings. The summed E-state index contributed by atoms with van der Waals surface area (Å²) in [5.41, 5.74) is 0. The van der Waals surface area contributed by atoms with Gasteiger partial charge in [-0.2, -0.15) is 0 Å². The third-order valence-corrected chi connectivity index (χ3v) is 2.50. The van der Waals surface area contributed by atoms with E-state index >= 15 is 0 Å². The van der Waals surface area contributed by atoms with E-state index in [2.05, 4.69) is 0 Å². The van der Waals surface area contributed by atoms with E-state index in [1.807, 2.05) is 0 Å². The van der Waals surface area contributed by atoms with E-state index < -0.39 is 34.1 Å². The molecule has 0 unspecified atom stereocenters. The molecule has 0 atom stereocenters. The molecule has 0 heterocycles. The van der Waals surface area contributed by atoms with Crippen LogP contribution in [0.2, 0.25) is 0 Å². The van der Waals surface area contributed by atoms with Crippen LogP contribution in [0.15, 0.2) is 0 Å². The Kier molecular flexibility index (Phi) is 64.9. The van der Waals surface area contributed by atoms with Gasteiger partial charge in [0.05, 0.1) is 0 Å². The topological polar surface area (TPSA) is 31.5 Å². The molecule has 120 valence electrons. The molecule has 2 saturated carbocycles. The molecule has 0 amide bonds. The third kappa shape index (κ3) is 44.9. The van der Waals surface area contributed by atoms with E-state index in [1.54, 1.807) is 0 Å². The first-order chi connectivity index (χ1) is 7.83. The second-order valence-corrected chi connectivity index (χ2v) is 8.84. The van der Waals surface area contributed by atoms with E-state index in [4.69, 9.17) is 37.2 Å². The minimum absolute atomic E-state index is 0. The molecule has 7 heteroatoms. The molecular weight excluding hydrogens is 398 g/mol. The first kappa shape index (κ1) is 33.2. The number of hydrogen-bond acceptors (Lipinski definition) is 0. The standard InChI is InChI=1S/2C5H10.2CH3.4ClH.H2O.2Ti/c2*1-2-4-5-3-1;;;;;;;;;/h2*1-5H2;2*1H3;4*1H;1H2;;/q;;2*-1;;;;;;2*+2/p-4. The monoisotopic (exact) mass is 424 g/mol. The van der Waals surface area contributed by atoms with Gasteiger partial charge in [-0.05, 0) is 0 Å². The first-order valence-electron chi connectivity index (χ1n) is 5.76. The van der Waals surface area contributed by atoms with Crippen molar-refractivity contribution in [2.45, 2.75) is 64.2 Å². The summed E-state index contributed by atoms with van der Waals surface area (Å²) in [7, 11) is 19.6. The number of rotatable bonds is 0. The molecular formula is C12H28Cl4OTi2-2. The van der Waals surface area contributed by atoms with E-state index in [1.165, 1.54) is 64.2 Å². The summed E-state index contributed by atoms with van der Waals surface area (Å²) in [4.78, 5) is 0. The molecule has 0 aromatic carbocycles. The van der Waals surface area contributed by atoms with Crippen LogP contribution in [0.4, 0.5) is 0 Å². The summed E-state index contributed by atoms with van der Waals surface area (Å²) in [6.07, 6.45) is 15.0. The maximum absolute atomic E-state index is 4.89. The molecule has 0 radical (unpaired) electrons. The average molecular weight is 426 g/mol. The van der Waals surface area contributed by atoms with Crippen LogP contribution in [0.3, 0.4) is 0 Å². The zero-order valence-electron chi connectivity index (χ0n) is 12.1. The van der Waals surface area contributed by atoms with Crippen molar-refractivity contribution in [3.8, 4) is 0 Å². The van der Waals surface area contributed by atoms with E-state index in [0.717, 1.165) is 0 Å². The van der Waals surface area contributed by atoms with E-state index in [9.17, 15) is 0 Å². The van der Waals surface area contributed by atoms with Crippen LogP contribution >= 0.6 is 37.2 Å². The van der Waals surface area contributed by atoms with Crippen LogP contribution < -0.4 is 0 Å². The van der Waals surface area contributed by atoms with E-state index in [0.29, 0.717) is 0 Å². The van der Waals surface area contributed by atoms with Gasteiger partial charge in [-0.15, -0.1) is 0 Å². The Hall–Kier alpha value is 2.55. The van der Waals surface area contributed by atoms with Gasteiger partial charge in [-0.25, -0.2) is 0 Å². The molecule has 2 aliphatic carbocycles. The van der Waals surface area contributed by atoms with Gasteiger partial charge in [-0.3, -0.25) is 0 Å². The molecule has 0 saturated heterocycles. The Balaban J connectivity index is -0.0000000450. The summed E-state index contributed by atoms with van der Waals surface area (Å²) in [6.45, 7) is 0. The Labute approximate surface area is 154 Å². The second-order valence-electron chi connectivity index (χ2n) is 3.68. The van der Waals surface area contributed by atoms with Gasteiger partial charge in [-0.1, -0.05) is 64.2 Å². The van der Waals surface area contributed by atoms with Gasteiger partial charge in [0.15, 0.2) is 0 Å². The van der Waals surface area contributed by atoms with Crippen molar-refractivity contribution in [2.75, 3.05) is 0 Å². The Morgan fingerprint density at radius 2 is 0.474 bits per heavy atom. The average Bonchev–Trinajstić information content (AvgIpc) is 3.00. The van der Waals surface area contributed by atoms with Crippen LogP contribution in [0.5, 0.6) is 0 Å². The fraction of sp³-hybridized carbons (Fsp3) is 0.833. The molecule has 2 rings (SSSR count). The van der Waals surface area contributed by atoms with Crippen molar-refractivity contribution in [3.05, 3.63) is 14.9 Å². The molecule has 0 bridgehead atoms. The molecule has 19 heavy (non-hydrogen) atoms. The summed E-state index contributed by atoms with van der Waals surface area (Å²) < 4.78 is 0. The predicted octanol–water partition coefficient (Wildman–Crippen LogP) is 6.73. The Bertz CT molecular complexity index is 78.5. The van der Waals surface area contributed by atoms with Crippen molar-refractivity contribution < 1.29 is 39.5 Å². The number of hydrogen-bond donors (Lipinski definition) is 0. The second kappa shape index (κ2) is 37.1. The predicted molar refractivity (Wildman–Crippen MR) is 86.0 cm³/mol. The van der Waals surface area contributed by atoms with Gasteiger partial charge in [0.1, 0.15) is 0 Å². The summed E-state index contributed by atoms with van der Waals surface area (Å²) in [6, 6.07) is 0. The summed E-state index contributed by atoms with van der Waals surface area (Å²) >= 11 is -1.11. The van der Waals surface area contributed by atoms with Crippen molar-refractivity contribution in [2.24, 2.45) is 0 Å². The summed E-state index contributed by atoms with van der Waals surface area (Å²) in [5, 5.41) is 0. The summed E-state index contributed by atoms with van der Waals surface area (Å²) in [5.74, 6) is 0. The zero-order valence-corrected chi connectivity index (χ0v) is 18.2. The van der Waals surface area contributed by atoms with Gasteiger partial charge >= 0.3 is 71.3 Å². The van der Waals surface area contributed by atoms with Gasteiger partial charge < -0.3 is 20.3 Å². The van der Waals surface area contributed by atoms with E-state index in [-0.39, 0.29) is 20.3 Å². The Morgan fingerprint density at radius 3 is 0.526 bits per heavy atom. The van der Waals surface area contributed by atoms with Crippen molar-refractivity contribution in [3.63, 3.8) is 0 Å². The van der Waals surface area contributed by atoms with Crippen LogP contribution in [0, 0.1) is 14.9 Å². The quantitative estimate of drug-likeness (QED) is 0.304. The van der Waals surface area contributed by atoms with Crippen molar-refractivity contribution in [1.82, 2.24) is 0 Å². The molecule has 0 aromatic rings. The third-order valence-electron chi connectivity index (χ3n) is 2.50. The molecule has 0 aliphatic heterocycles. The van der Waals surface area contributed by atoms with Crippen molar-refractivity contribution >= 4 is 37.2 Å². The normalized spacial score (nSPS) is 14.1. The van der Waals surface area contributed by atoms with Gasteiger partial charge in [0, 0.05) is 0 Å². The molecule has 1 nitrogen and oxygen atoms in total. The van der Waals surface area contributed by atoms with Crippen molar-refractivity contribution in [1.29, 1.82) is 0 Å². The van der Waals surface area contributed by atoms with Crippen LogP contribution in [-0.2, 0) is 34.1 Å². The van der Waals surface area contributed by atoms with Crippen LogP contribution in [0.1, 0.15) is 64.2 Å². The van der Waals surface area contributed by atoms with Crippen LogP contribution in [0.25, 0.3) is 0 Å². The SMILES string of the molecule is C1CCCC1.C1CCCC1.O.[CH3-].[CH3-].[Cl][Ti][Cl].[Cl][Ti][Cl]. The molecule has 0 aromatic heterocycles. The van der Waals surface area contributed by atoms with Gasteiger partial charge in [0.25, 0.3) is 0 Å². The number of halogens is 4. The molecule has 2 aliphatic rings. The molecule has 2 N–H and O–H groups in total. The minimum atomic E-state index is -0.556. The zero-order chi connectivity index (χ0) is 12.5. The van der Waals surface area contributed by atoms with Gasteiger partial charge in [0.2, 0.25) is 0 Å². The fourth-order valence-electron chi connectivity index (χ4n) is 1.77. The Morgan fingerprint density at radius 1 is 0.421 bits per heavy atom. The van der Waals surface area contributed by atoms with Crippen LogP contribution in [-0.4, -0.2) is 5.48 Å². The fourth-order valence-corrected chi connectivity index (χ4v) is 1.77. The molecule has 0 spiro atoms. The first-order valence-corrected chi connectivity index (χ1v) is 14.4.